The average Bonchev–Trinajstić information content (AvgIpc) is 2.98. The molecule has 0 aliphatic carbocycles. The molecule has 1 aromatic heterocycles. The third kappa shape index (κ3) is 4.01. The molecule has 1 heterocycles. The van der Waals surface area contributed by atoms with Gasteiger partial charge in [-0.15, -0.1) is 0 Å². The lowest BCUT2D eigenvalue weighted by Crippen LogP contribution is -2.33. The molecular weight excluding hydrogens is 280 g/mol. The molecule has 2 N–H and O–H groups in total. The standard InChI is InChI=1S/C14H15F2N3O2/c1-2-11(14-17-5-6-18-14)19-13(20)8-21-12-4-3-9(15)7-10(12)16/h3-7,11H,2,8H2,1H3,(H,17,18)(H,19,20). The Labute approximate surface area is 120 Å². The molecule has 0 spiro atoms. The largest absolute Gasteiger partial charge is 0.481 e. The van der Waals surface area contributed by atoms with Gasteiger partial charge in [0.05, 0.1) is 6.04 Å². The van der Waals surface area contributed by atoms with Crippen molar-refractivity contribution in [2.45, 2.75) is 19.4 Å². The molecule has 1 atom stereocenters. The van der Waals surface area contributed by atoms with Gasteiger partial charge in [-0.25, -0.2) is 13.8 Å². The molecule has 0 saturated carbocycles. The molecule has 0 bridgehead atoms. The number of rotatable bonds is 6. The topological polar surface area (TPSA) is 67.0 Å². The summed E-state index contributed by atoms with van der Waals surface area (Å²) < 4.78 is 31.1. The van der Waals surface area contributed by atoms with Crippen molar-refractivity contribution in [3.05, 3.63) is 48.1 Å². The molecule has 0 fully saturated rings. The highest BCUT2D eigenvalue weighted by Crippen LogP contribution is 2.17. The Hall–Kier alpha value is -2.44. The average molecular weight is 295 g/mol. The summed E-state index contributed by atoms with van der Waals surface area (Å²) in [4.78, 5) is 18.8. The summed E-state index contributed by atoms with van der Waals surface area (Å²) in [5.41, 5.74) is 0. The Morgan fingerprint density at radius 3 is 2.90 bits per heavy atom. The predicted molar refractivity (Wildman–Crippen MR) is 71.6 cm³/mol. The first kappa shape index (κ1) is 15.0. The first-order valence-corrected chi connectivity index (χ1v) is 6.46. The minimum absolute atomic E-state index is 0.169. The van der Waals surface area contributed by atoms with Crippen LogP contribution in [0.1, 0.15) is 25.2 Å². The van der Waals surface area contributed by atoms with Crippen molar-refractivity contribution in [1.29, 1.82) is 0 Å². The smallest absolute Gasteiger partial charge is 0.258 e. The van der Waals surface area contributed by atoms with Crippen LogP contribution in [0.25, 0.3) is 0 Å². The third-order valence-corrected chi connectivity index (χ3v) is 2.85. The van der Waals surface area contributed by atoms with E-state index in [1.807, 2.05) is 6.92 Å². The van der Waals surface area contributed by atoms with Crippen molar-refractivity contribution < 1.29 is 18.3 Å². The van der Waals surface area contributed by atoms with Gasteiger partial charge in [0, 0.05) is 18.5 Å². The Morgan fingerprint density at radius 2 is 2.29 bits per heavy atom. The van der Waals surface area contributed by atoms with Crippen LogP contribution in [0.3, 0.4) is 0 Å². The van der Waals surface area contributed by atoms with Gasteiger partial charge in [-0.05, 0) is 18.6 Å². The van der Waals surface area contributed by atoms with Gasteiger partial charge in [-0.1, -0.05) is 6.92 Å². The lowest BCUT2D eigenvalue weighted by atomic mass is 10.2. The molecular formula is C14H15F2N3O2. The van der Waals surface area contributed by atoms with E-state index in [0.717, 1.165) is 12.1 Å². The van der Waals surface area contributed by atoms with Gasteiger partial charge < -0.3 is 15.0 Å². The van der Waals surface area contributed by atoms with E-state index < -0.39 is 17.5 Å². The number of nitrogens with one attached hydrogen (secondary N) is 2. The van der Waals surface area contributed by atoms with Crippen molar-refractivity contribution in [1.82, 2.24) is 15.3 Å². The van der Waals surface area contributed by atoms with Crippen molar-refractivity contribution in [3.8, 4) is 5.75 Å². The summed E-state index contributed by atoms with van der Waals surface area (Å²) in [6.07, 6.45) is 3.90. The summed E-state index contributed by atoms with van der Waals surface area (Å²) in [5.74, 6) is -1.49. The Morgan fingerprint density at radius 1 is 1.48 bits per heavy atom. The van der Waals surface area contributed by atoms with Crippen LogP contribution < -0.4 is 10.1 Å². The third-order valence-electron chi connectivity index (χ3n) is 2.85. The van der Waals surface area contributed by atoms with Gasteiger partial charge >= 0.3 is 0 Å². The highest BCUT2D eigenvalue weighted by Gasteiger charge is 2.15. The molecule has 0 aliphatic heterocycles. The molecule has 1 amide bonds. The number of carbonyl (C=O) groups excluding carboxylic acids is 1. The molecule has 1 unspecified atom stereocenters. The van der Waals surface area contributed by atoms with Crippen LogP contribution >= 0.6 is 0 Å². The molecule has 5 nitrogen and oxygen atoms in total. The molecule has 2 rings (SSSR count). The zero-order chi connectivity index (χ0) is 15.2. The predicted octanol–water partition coefficient (Wildman–Crippen LogP) is 2.33. The minimum atomic E-state index is -0.846. The maximum absolute atomic E-state index is 13.3. The summed E-state index contributed by atoms with van der Waals surface area (Å²) in [7, 11) is 0. The Balaban J connectivity index is 1.89. The van der Waals surface area contributed by atoms with Crippen LogP contribution in [0, 0.1) is 11.6 Å². The molecule has 21 heavy (non-hydrogen) atoms. The SMILES string of the molecule is CCC(NC(=O)COc1ccc(F)cc1F)c1ncc[nH]1. The summed E-state index contributed by atoms with van der Waals surface area (Å²) in [6.45, 7) is 1.54. The minimum Gasteiger partial charge on any atom is -0.481 e. The van der Waals surface area contributed by atoms with E-state index in [0.29, 0.717) is 18.3 Å². The van der Waals surface area contributed by atoms with Gasteiger partial charge in [0.15, 0.2) is 18.2 Å². The quantitative estimate of drug-likeness (QED) is 0.859. The molecule has 0 aliphatic rings. The highest BCUT2D eigenvalue weighted by atomic mass is 19.1. The Kier molecular flexibility index (Phi) is 4.86. The van der Waals surface area contributed by atoms with Crippen molar-refractivity contribution in [2.75, 3.05) is 6.61 Å². The van der Waals surface area contributed by atoms with Crippen LogP contribution in [0.4, 0.5) is 8.78 Å². The van der Waals surface area contributed by atoms with Crippen LogP contribution in [0.2, 0.25) is 0 Å². The molecule has 7 heteroatoms. The number of nitrogens with zero attached hydrogens (tertiary/aromatic N) is 1. The zero-order valence-electron chi connectivity index (χ0n) is 11.4. The van der Waals surface area contributed by atoms with Gasteiger partial charge in [0.25, 0.3) is 5.91 Å². The number of aromatic nitrogens is 2. The fourth-order valence-electron chi connectivity index (χ4n) is 1.80. The number of aromatic amines is 1. The lowest BCUT2D eigenvalue weighted by molar-refractivity contribution is -0.124. The number of imidazole rings is 1. The van der Waals surface area contributed by atoms with Gasteiger partial charge in [0.2, 0.25) is 0 Å². The van der Waals surface area contributed by atoms with Gasteiger partial charge in [0.1, 0.15) is 11.6 Å². The van der Waals surface area contributed by atoms with Crippen molar-refractivity contribution in [2.24, 2.45) is 0 Å². The van der Waals surface area contributed by atoms with E-state index in [1.165, 1.54) is 0 Å². The monoisotopic (exact) mass is 295 g/mol. The number of ether oxygens (including phenoxy) is 1. The second-order valence-electron chi connectivity index (χ2n) is 4.37. The number of hydrogen-bond donors (Lipinski definition) is 2. The van der Waals surface area contributed by atoms with E-state index in [4.69, 9.17) is 4.74 Å². The summed E-state index contributed by atoms with van der Waals surface area (Å²) >= 11 is 0. The van der Waals surface area contributed by atoms with E-state index >= 15 is 0 Å². The van der Waals surface area contributed by atoms with E-state index in [2.05, 4.69) is 15.3 Å². The Bertz CT molecular complexity index is 602. The van der Waals surface area contributed by atoms with E-state index in [1.54, 1.807) is 12.4 Å². The normalized spacial score (nSPS) is 12.0. The molecule has 2 aromatic rings. The van der Waals surface area contributed by atoms with Gasteiger partial charge in [-0.2, -0.15) is 0 Å². The number of hydrogen-bond acceptors (Lipinski definition) is 3. The number of halogens is 2. The van der Waals surface area contributed by atoms with E-state index in [-0.39, 0.29) is 18.4 Å². The summed E-state index contributed by atoms with van der Waals surface area (Å²) in [6, 6.07) is 2.63. The van der Waals surface area contributed by atoms with Gasteiger partial charge in [-0.3, -0.25) is 4.79 Å². The number of carbonyl (C=O) groups is 1. The van der Waals surface area contributed by atoms with Crippen molar-refractivity contribution in [3.63, 3.8) is 0 Å². The van der Waals surface area contributed by atoms with Crippen LogP contribution in [0.5, 0.6) is 5.75 Å². The molecule has 0 saturated heterocycles. The molecule has 112 valence electrons. The number of benzene rings is 1. The summed E-state index contributed by atoms with van der Waals surface area (Å²) in [5, 5.41) is 2.72. The van der Waals surface area contributed by atoms with E-state index in [9.17, 15) is 13.6 Å². The second-order valence-corrected chi connectivity index (χ2v) is 4.37. The fourth-order valence-corrected chi connectivity index (χ4v) is 1.80. The van der Waals surface area contributed by atoms with Crippen LogP contribution in [0.15, 0.2) is 30.6 Å². The van der Waals surface area contributed by atoms with Crippen LogP contribution in [-0.2, 0) is 4.79 Å². The first-order chi connectivity index (χ1) is 10.1. The first-order valence-electron chi connectivity index (χ1n) is 6.46. The van der Waals surface area contributed by atoms with Crippen LogP contribution in [-0.4, -0.2) is 22.5 Å². The number of amides is 1. The lowest BCUT2D eigenvalue weighted by Gasteiger charge is -2.15. The zero-order valence-corrected chi connectivity index (χ0v) is 11.4. The van der Waals surface area contributed by atoms with Crippen molar-refractivity contribution >= 4 is 5.91 Å². The maximum Gasteiger partial charge on any atom is 0.258 e. The fraction of sp³-hybridized carbons (Fsp3) is 0.286. The number of H-pyrrole nitrogens is 1. The highest BCUT2D eigenvalue weighted by molar-refractivity contribution is 5.77. The second kappa shape index (κ2) is 6.83. The maximum atomic E-state index is 13.3. The molecule has 1 aromatic carbocycles. The molecule has 0 radical (unpaired) electrons.